The molecule has 106 valence electrons. The van der Waals surface area contributed by atoms with E-state index >= 15 is 0 Å². The highest BCUT2D eigenvalue weighted by Crippen LogP contribution is 2.31. The van der Waals surface area contributed by atoms with Crippen molar-refractivity contribution in [3.05, 3.63) is 58.6 Å². The van der Waals surface area contributed by atoms with Crippen molar-refractivity contribution in [3.63, 3.8) is 0 Å². The van der Waals surface area contributed by atoms with E-state index in [4.69, 9.17) is 11.6 Å². The van der Waals surface area contributed by atoms with E-state index in [-0.39, 0.29) is 0 Å². The molecule has 0 radical (unpaired) electrons. The molecule has 0 spiro atoms. The highest BCUT2D eigenvalue weighted by Gasteiger charge is 2.12. The van der Waals surface area contributed by atoms with Gasteiger partial charge in [-0.2, -0.15) is 0 Å². The molecule has 0 amide bonds. The van der Waals surface area contributed by atoms with Crippen LogP contribution in [-0.2, 0) is 6.54 Å². The molecule has 2 aromatic rings. The van der Waals surface area contributed by atoms with Gasteiger partial charge < -0.3 is 10.2 Å². The number of halogens is 1. The fraction of sp³-hybridized carbons (Fsp3) is 0.294. The third-order valence-electron chi connectivity index (χ3n) is 3.33. The summed E-state index contributed by atoms with van der Waals surface area (Å²) in [6.07, 6.45) is 0. The summed E-state index contributed by atoms with van der Waals surface area (Å²) >= 11 is 6.19. The molecule has 0 aliphatic rings. The maximum absolute atomic E-state index is 6.19. The van der Waals surface area contributed by atoms with Crippen LogP contribution in [0.25, 0.3) is 0 Å². The van der Waals surface area contributed by atoms with E-state index < -0.39 is 0 Å². The van der Waals surface area contributed by atoms with Gasteiger partial charge in [0.05, 0.1) is 0 Å². The molecule has 0 aliphatic carbocycles. The first-order valence-electron chi connectivity index (χ1n) is 6.93. The van der Waals surface area contributed by atoms with Crippen LogP contribution in [0, 0.1) is 6.92 Å². The molecule has 2 rings (SSSR count). The van der Waals surface area contributed by atoms with Crippen LogP contribution >= 0.6 is 11.6 Å². The first kappa shape index (κ1) is 14.9. The second kappa shape index (κ2) is 6.78. The lowest BCUT2D eigenvalue weighted by Crippen LogP contribution is -2.19. The quantitative estimate of drug-likeness (QED) is 0.870. The normalized spacial score (nSPS) is 10.6. The third-order valence-corrected chi connectivity index (χ3v) is 3.57. The van der Waals surface area contributed by atoms with Gasteiger partial charge in [-0.1, -0.05) is 29.8 Å². The minimum atomic E-state index is 0.769. The zero-order chi connectivity index (χ0) is 14.5. The van der Waals surface area contributed by atoms with E-state index in [9.17, 15) is 0 Å². The molecular formula is C17H21ClN2. The highest BCUT2D eigenvalue weighted by atomic mass is 35.5. The molecule has 3 heteroatoms. The topological polar surface area (TPSA) is 15.3 Å². The SMILES string of the molecule is CCN(c1cccc(C)c1)c1cc(Cl)ccc1CNC. The molecule has 0 saturated heterocycles. The Balaban J connectivity index is 2.48. The van der Waals surface area contributed by atoms with Crippen LogP contribution in [0.3, 0.4) is 0 Å². The van der Waals surface area contributed by atoms with Crippen LogP contribution < -0.4 is 10.2 Å². The Bertz CT molecular complexity index is 581. The number of rotatable bonds is 5. The molecule has 1 N–H and O–H groups in total. The smallest absolute Gasteiger partial charge is 0.0471 e. The monoisotopic (exact) mass is 288 g/mol. The zero-order valence-electron chi connectivity index (χ0n) is 12.3. The van der Waals surface area contributed by atoms with Crippen molar-refractivity contribution in [2.24, 2.45) is 0 Å². The van der Waals surface area contributed by atoms with Crippen molar-refractivity contribution in [2.45, 2.75) is 20.4 Å². The van der Waals surface area contributed by atoms with Gasteiger partial charge in [0.1, 0.15) is 0 Å². The standard InChI is InChI=1S/C17H21ClN2/c1-4-20(16-7-5-6-13(2)10-16)17-11-15(18)9-8-14(17)12-19-3/h5-11,19H,4,12H2,1-3H3. The molecule has 2 nitrogen and oxygen atoms in total. The minimum absolute atomic E-state index is 0.769. The number of nitrogens with one attached hydrogen (secondary N) is 1. The number of anilines is 2. The van der Waals surface area contributed by atoms with Gasteiger partial charge in [0, 0.05) is 29.5 Å². The van der Waals surface area contributed by atoms with Crippen molar-refractivity contribution in [3.8, 4) is 0 Å². The number of benzene rings is 2. The van der Waals surface area contributed by atoms with Crippen molar-refractivity contribution >= 4 is 23.0 Å². The third kappa shape index (κ3) is 3.33. The van der Waals surface area contributed by atoms with Crippen molar-refractivity contribution < 1.29 is 0 Å². The number of nitrogens with zero attached hydrogens (tertiary/aromatic N) is 1. The first-order chi connectivity index (χ1) is 9.65. The average Bonchev–Trinajstić information content (AvgIpc) is 2.43. The zero-order valence-corrected chi connectivity index (χ0v) is 13.0. The van der Waals surface area contributed by atoms with Crippen molar-refractivity contribution in [1.29, 1.82) is 0 Å². The van der Waals surface area contributed by atoms with Gasteiger partial charge in [0.15, 0.2) is 0 Å². The molecule has 0 aromatic heterocycles. The summed E-state index contributed by atoms with van der Waals surface area (Å²) in [5.74, 6) is 0. The second-order valence-electron chi connectivity index (χ2n) is 4.89. The molecule has 0 bridgehead atoms. The molecular weight excluding hydrogens is 268 g/mol. The predicted molar refractivity (Wildman–Crippen MR) is 88.1 cm³/mol. The van der Waals surface area contributed by atoms with E-state index in [1.54, 1.807) is 0 Å². The van der Waals surface area contributed by atoms with Crippen LogP contribution in [0.1, 0.15) is 18.1 Å². The molecule has 0 unspecified atom stereocenters. The van der Waals surface area contributed by atoms with Crippen LogP contribution in [0.2, 0.25) is 5.02 Å². The van der Waals surface area contributed by atoms with Gasteiger partial charge in [-0.15, -0.1) is 0 Å². The van der Waals surface area contributed by atoms with E-state index in [2.05, 4.69) is 54.4 Å². The molecule has 0 aliphatic heterocycles. The van der Waals surface area contributed by atoms with Crippen LogP contribution in [0.15, 0.2) is 42.5 Å². The summed E-state index contributed by atoms with van der Waals surface area (Å²) in [7, 11) is 1.96. The van der Waals surface area contributed by atoms with Gasteiger partial charge in [0.2, 0.25) is 0 Å². The second-order valence-corrected chi connectivity index (χ2v) is 5.32. The van der Waals surface area contributed by atoms with Gasteiger partial charge >= 0.3 is 0 Å². The average molecular weight is 289 g/mol. The molecule has 20 heavy (non-hydrogen) atoms. The summed E-state index contributed by atoms with van der Waals surface area (Å²) in [5, 5.41) is 3.99. The maximum Gasteiger partial charge on any atom is 0.0471 e. The highest BCUT2D eigenvalue weighted by molar-refractivity contribution is 6.30. The largest absolute Gasteiger partial charge is 0.341 e. The van der Waals surface area contributed by atoms with Crippen molar-refractivity contribution in [1.82, 2.24) is 5.32 Å². The lowest BCUT2D eigenvalue weighted by Gasteiger charge is -2.26. The fourth-order valence-electron chi connectivity index (χ4n) is 2.42. The summed E-state index contributed by atoms with van der Waals surface area (Å²) < 4.78 is 0. The first-order valence-corrected chi connectivity index (χ1v) is 7.30. The van der Waals surface area contributed by atoms with Crippen LogP contribution in [0.5, 0.6) is 0 Å². The van der Waals surface area contributed by atoms with E-state index in [1.807, 2.05) is 19.2 Å². The van der Waals surface area contributed by atoms with Gasteiger partial charge in [-0.25, -0.2) is 0 Å². The fourth-order valence-corrected chi connectivity index (χ4v) is 2.58. The Morgan fingerprint density at radius 1 is 1.15 bits per heavy atom. The van der Waals surface area contributed by atoms with Crippen LogP contribution in [0.4, 0.5) is 11.4 Å². The van der Waals surface area contributed by atoms with Gasteiger partial charge in [-0.3, -0.25) is 0 Å². The lowest BCUT2D eigenvalue weighted by atomic mass is 10.1. The number of hydrogen-bond acceptors (Lipinski definition) is 2. The molecule has 0 fully saturated rings. The Kier molecular flexibility index (Phi) is 5.05. The maximum atomic E-state index is 6.19. The Morgan fingerprint density at radius 3 is 2.60 bits per heavy atom. The summed E-state index contributed by atoms with van der Waals surface area (Å²) in [4.78, 5) is 2.30. The lowest BCUT2D eigenvalue weighted by molar-refractivity contribution is 0.813. The summed E-state index contributed by atoms with van der Waals surface area (Å²) in [6, 6.07) is 14.6. The Labute approximate surface area is 126 Å². The minimum Gasteiger partial charge on any atom is -0.341 e. The molecule has 0 heterocycles. The Morgan fingerprint density at radius 2 is 1.95 bits per heavy atom. The van der Waals surface area contributed by atoms with Gasteiger partial charge in [0.25, 0.3) is 0 Å². The predicted octanol–water partition coefficient (Wildman–Crippen LogP) is 4.53. The molecule has 0 atom stereocenters. The Hall–Kier alpha value is -1.51. The molecule has 2 aromatic carbocycles. The van der Waals surface area contributed by atoms with E-state index in [0.29, 0.717) is 0 Å². The summed E-state index contributed by atoms with van der Waals surface area (Å²) in [6.45, 7) is 6.01. The number of hydrogen-bond donors (Lipinski definition) is 1. The number of aryl methyl sites for hydroxylation is 1. The van der Waals surface area contributed by atoms with E-state index in [1.165, 1.54) is 22.5 Å². The summed E-state index contributed by atoms with van der Waals surface area (Å²) in [5.41, 5.74) is 4.88. The van der Waals surface area contributed by atoms with E-state index in [0.717, 1.165) is 18.1 Å². The van der Waals surface area contributed by atoms with Crippen LogP contribution in [-0.4, -0.2) is 13.6 Å². The van der Waals surface area contributed by atoms with Crippen molar-refractivity contribution in [2.75, 3.05) is 18.5 Å². The van der Waals surface area contributed by atoms with Gasteiger partial charge in [-0.05, 0) is 56.3 Å². The molecule has 0 saturated carbocycles.